The lowest BCUT2D eigenvalue weighted by Crippen LogP contribution is -2.22. The van der Waals surface area contributed by atoms with E-state index in [1.54, 1.807) is 0 Å². The number of rotatable bonds is 4. The van der Waals surface area contributed by atoms with Gasteiger partial charge in [-0.3, -0.25) is 0 Å². The second-order valence-corrected chi connectivity index (χ2v) is 5.17. The Labute approximate surface area is 98.8 Å². The van der Waals surface area contributed by atoms with E-state index in [1.807, 2.05) is 0 Å². The molecule has 0 N–H and O–H groups in total. The first-order valence-electron chi connectivity index (χ1n) is 6.43. The third kappa shape index (κ3) is 2.85. The Bertz CT molecular complexity index is 304. The van der Waals surface area contributed by atoms with E-state index in [4.69, 9.17) is 4.74 Å². The van der Waals surface area contributed by atoms with E-state index in [2.05, 4.69) is 44.2 Å². The lowest BCUT2D eigenvalue weighted by atomic mass is 9.92. The van der Waals surface area contributed by atoms with Crippen LogP contribution in [0.4, 0.5) is 0 Å². The minimum atomic E-state index is 0.486. The Morgan fingerprint density at radius 3 is 2.62 bits per heavy atom. The summed E-state index contributed by atoms with van der Waals surface area (Å²) >= 11 is 0. The highest BCUT2D eigenvalue weighted by atomic mass is 16.5. The largest absolute Gasteiger partial charge is 0.373 e. The average molecular weight is 218 g/mol. The molecule has 1 heteroatoms. The first-order valence-corrected chi connectivity index (χ1v) is 6.43. The summed E-state index contributed by atoms with van der Waals surface area (Å²) < 4.78 is 6.06. The van der Waals surface area contributed by atoms with Crippen LogP contribution >= 0.6 is 0 Å². The summed E-state index contributed by atoms with van der Waals surface area (Å²) in [5.41, 5.74) is 1.29. The topological polar surface area (TPSA) is 9.23 Å². The van der Waals surface area contributed by atoms with Crippen LogP contribution in [0.15, 0.2) is 30.3 Å². The zero-order valence-electron chi connectivity index (χ0n) is 10.4. The van der Waals surface area contributed by atoms with Crippen molar-refractivity contribution < 1.29 is 4.74 Å². The number of hydrogen-bond acceptors (Lipinski definition) is 1. The third-order valence-electron chi connectivity index (χ3n) is 3.67. The molecule has 1 fully saturated rings. The van der Waals surface area contributed by atoms with Crippen molar-refractivity contribution >= 4 is 0 Å². The van der Waals surface area contributed by atoms with Gasteiger partial charge >= 0.3 is 0 Å². The van der Waals surface area contributed by atoms with Crippen molar-refractivity contribution in [3.8, 4) is 0 Å². The summed E-state index contributed by atoms with van der Waals surface area (Å²) in [6.45, 7) is 5.40. The maximum absolute atomic E-state index is 6.06. The van der Waals surface area contributed by atoms with E-state index in [1.165, 1.54) is 24.8 Å². The van der Waals surface area contributed by atoms with Crippen molar-refractivity contribution in [2.24, 2.45) is 11.8 Å². The fourth-order valence-corrected chi connectivity index (χ4v) is 2.70. The van der Waals surface area contributed by atoms with Gasteiger partial charge in [0.05, 0.1) is 12.7 Å². The minimum absolute atomic E-state index is 0.486. The second-order valence-electron chi connectivity index (χ2n) is 5.17. The Kier molecular flexibility index (Phi) is 4.00. The van der Waals surface area contributed by atoms with Crippen LogP contribution in [-0.4, -0.2) is 6.10 Å². The molecule has 0 aliphatic heterocycles. The summed E-state index contributed by atoms with van der Waals surface area (Å²) in [5.74, 6) is 1.52. The van der Waals surface area contributed by atoms with Crippen LogP contribution in [0.1, 0.15) is 38.7 Å². The first-order chi connectivity index (χ1) is 7.77. The molecule has 2 atom stereocenters. The third-order valence-corrected chi connectivity index (χ3v) is 3.67. The van der Waals surface area contributed by atoms with Crippen LogP contribution in [0.25, 0.3) is 0 Å². The molecule has 1 saturated carbocycles. The number of ether oxygens (including phenoxy) is 1. The summed E-state index contributed by atoms with van der Waals surface area (Å²) in [4.78, 5) is 0. The molecule has 0 spiro atoms. The molecule has 1 aromatic carbocycles. The predicted molar refractivity (Wildman–Crippen MR) is 67.2 cm³/mol. The average Bonchev–Trinajstić information content (AvgIpc) is 2.76. The SMILES string of the molecule is CC(C)[C@@H]1CCC[C@@H]1OCc1ccccc1. The fourth-order valence-electron chi connectivity index (χ4n) is 2.70. The van der Waals surface area contributed by atoms with Gasteiger partial charge in [-0.2, -0.15) is 0 Å². The Hall–Kier alpha value is -0.820. The molecule has 1 aliphatic carbocycles. The zero-order valence-corrected chi connectivity index (χ0v) is 10.4. The standard InChI is InChI=1S/C15H22O/c1-12(2)14-9-6-10-15(14)16-11-13-7-4-3-5-8-13/h3-5,7-8,12,14-15H,6,9-11H2,1-2H3/t14-,15-/m0/s1. The van der Waals surface area contributed by atoms with Gasteiger partial charge in [0.25, 0.3) is 0 Å². The molecule has 88 valence electrons. The molecule has 16 heavy (non-hydrogen) atoms. The summed E-state index contributed by atoms with van der Waals surface area (Å²) in [5, 5.41) is 0. The van der Waals surface area contributed by atoms with Crippen LogP contribution < -0.4 is 0 Å². The van der Waals surface area contributed by atoms with E-state index in [0.717, 1.165) is 18.4 Å². The maximum atomic E-state index is 6.06. The summed E-state index contributed by atoms with van der Waals surface area (Å²) in [6.07, 6.45) is 4.41. The molecule has 0 bridgehead atoms. The van der Waals surface area contributed by atoms with Crippen LogP contribution in [0.3, 0.4) is 0 Å². The molecule has 0 unspecified atom stereocenters. The van der Waals surface area contributed by atoms with Crippen LogP contribution in [0.5, 0.6) is 0 Å². The minimum Gasteiger partial charge on any atom is -0.373 e. The predicted octanol–water partition coefficient (Wildman–Crippen LogP) is 4.03. The van der Waals surface area contributed by atoms with Crippen LogP contribution in [-0.2, 0) is 11.3 Å². The molecular formula is C15H22O. The lowest BCUT2D eigenvalue weighted by Gasteiger charge is -2.23. The van der Waals surface area contributed by atoms with Crippen molar-refractivity contribution in [3.05, 3.63) is 35.9 Å². The van der Waals surface area contributed by atoms with E-state index in [0.29, 0.717) is 6.10 Å². The van der Waals surface area contributed by atoms with Crippen molar-refractivity contribution in [2.45, 2.75) is 45.8 Å². The quantitative estimate of drug-likeness (QED) is 0.741. The molecular weight excluding hydrogens is 196 g/mol. The fraction of sp³-hybridized carbons (Fsp3) is 0.600. The van der Waals surface area contributed by atoms with Crippen LogP contribution in [0.2, 0.25) is 0 Å². The Balaban J connectivity index is 1.86. The molecule has 0 amide bonds. The summed E-state index contributed by atoms with van der Waals surface area (Å²) in [6, 6.07) is 10.5. The molecule has 0 aromatic heterocycles. The molecule has 1 aromatic rings. The second kappa shape index (κ2) is 5.49. The van der Waals surface area contributed by atoms with Gasteiger partial charge in [-0.05, 0) is 30.2 Å². The molecule has 1 nitrogen and oxygen atoms in total. The monoisotopic (exact) mass is 218 g/mol. The van der Waals surface area contributed by atoms with Gasteiger partial charge in [-0.1, -0.05) is 50.6 Å². The van der Waals surface area contributed by atoms with Gasteiger partial charge in [0.1, 0.15) is 0 Å². The van der Waals surface area contributed by atoms with Crippen molar-refractivity contribution in [1.29, 1.82) is 0 Å². The van der Waals surface area contributed by atoms with Gasteiger partial charge in [-0.25, -0.2) is 0 Å². The maximum Gasteiger partial charge on any atom is 0.0720 e. The van der Waals surface area contributed by atoms with Crippen molar-refractivity contribution in [1.82, 2.24) is 0 Å². The first kappa shape index (κ1) is 11.7. The normalized spacial score (nSPS) is 25.2. The van der Waals surface area contributed by atoms with E-state index in [-0.39, 0.29) is 0 Å². The molecule has 0 radical (unpaired) electrons. The highest BCUT2D eigenvalue weighted by Crippen LogP contribution is 2.34. The molecule has 0 heterocycles. The van der Waals surface area contributed by atoms with Gasteiger partial charge in [0.15, 0.2) is 0 Å². The molecule has 0 saturated heterocycles. The highest BCUT2D eigenvalue weighted by Gasteiger charge is 2.30. The summed E-state index contributed by atoms with van der Waals surface area (Å²) in [7, 11) is 0. The van der Waals surface area contributed by atoms with E-state index < -0.39 is 0 Å². The number of benzene rings is 1. The van der Waals surface area contributed by atoms with Crippen LogP contribution in [0, 0.1) is 11.8 Å². The zero-order chi connectivity index (χ0) is 11.4. The van der Waals surface area contributed by atoms with Crippen molar-refractivity contribution in [3.63, 3.8) is 0 Å². The molecule has 2 rings (SSSR count). The van der Waals surface area contributed by atoms with Gasteiger partial charge in [0, 0.05) is 0 Å². The Morgan fingerprint density at radius 2 is 1.94 bits per heavy atom. The lowest BCUT2D eigenvalue weighted by molar-refractivity contribution is 0.00355. The van der Waals surface area contributed by atoms with Crippen molar-refractivity contribution in [2.75, 3.05) is 0 Å². The Morgan fingerprint density at radius 1 is 1.19 bits per heavy atom. The van der Waals surface area contributed by atoms with E-state index in [9.17, 15) is 0 Å². The highest BCUT2D eigenvalue weighted by molar-refractivity contribution is 5.13. The molecule has 1 aliphatic rings. The van der Waals surface area contributed by atoms with Gasteiger partial charge in [-0.15, -0.1) is 0 Å². The smallest absolute Gasteiger partial charge is 0.0720 e. The van der Waals surface area contributed by atoms with E-state index >= 15 is 0 Å². The van der Waals surface area contributed by atoms with Gasteiger partial charge < -0.3 is 4.74 Å². The van der Waals surface area contributed by atoms with Gasteiger partial charge in [0.2, 0.25) is 0 Å². The number of hydrogen-bond donors (Lipinski definition) is 0.